The van der Waals surface area contributed by atoms with Gasteiger partial charge in [-0.05, 0) is 76.1 Å². The SMILES string of the molecule is C=CC(=O)C(C)C.CCCc1nn(-c2ccc(C3CCC3)cc2O)c2c1C(CC)N(C(=O)OC(C)(C)C)CC2. The third-order valence-electron chi connectivity index (χ3n) is 7.47. The lowest BCUT2D eigenvalue weighted by molar-refractivity contribution is -0.117. The standard InChI is InChI=1S/C26H37N3O3.C6H10O/c1-6-9-19-24-20(7-2)28(25(31)32-26(3,4)5)15-14-22(24)29(27-19)21-13-12-18(16-23(21)30)17-10-8-11-17;1-4-6(7)5(2)3/h12-13,16-17,20,30H,6-11,14-15H2,1-5H3;4-5H,1H2,2-3H3. The van der Waals surface area contributed by atoms with Crippen molar-refractivity contribution < 1.29 is 19.4 Å². The highest BCUT2D eigenvalue weighted by molar-refractivity contribution is 5.90. The highest BCUT2D eigenvalue weighted by Crippen LogP contribution is 2.41. The van der Waals surface area contributed by atoms with Crippen molar-refractivity contribution in [3.05, 3.63) is 53.4 Å². The molecule has 1 N–H and O–H groups in total. The van der Waals surface area contributed by atoms with E-state index in [9.17, 15) is 14.7 Å². The van der Waals surface area contributed by atoms with Gasteiger partial charge in [0.25, 0.3) is 0 Å². The number of aromatic hydroxyl groups is 1. The summed E-state index contributed by atoms with van der Waals surface area (Å²) in [4.78, 5) is 25.2. The predicted octanol–water partition coefficient (Wildman–Crippen LogP) is 7.44. The maximum Gasteiger partial charge on any atom is 0.410 e. The number of hydrogen-bond acceptors (Lipinski definition) is 5. The summed E-state index contributed by atoms with van der Waals surface area (Å²) >= 11 is 0. The number of fused-ring (bicyclic) bond motifs is 1. The number of phenolic OH excluding ortho intramolecular Hbond substituents is 1. The second kappa shape index (κ2) is 12.8. The molecule has 2 heterocycles. The van der Waals surface area contributed by atoms with Gasteiger partial charge in [-0.15, -0.1) is 0 Å². The van der Waals surface area contributed by atoms with Crippen LogP contribution >= 0.6 is 0 Å². The van der Waals surface area contributed by atoms with Crippen LogP contribution in [0.3, 0.4) is 0 Å². The van der Waals surface area contributed by atoms with Gasteiger partial charge < -0.3 is 14.7 Å². The Labute approximate surface area is 234 Å². The van der Waals surface area contributed by atoms with E-state index in [-0.39, 0.29) is 29.6 Å². The number of ketones is 1. The van der Waals surface area contributed by atoms with Gasteiger partial charge >= 0.3 is 6.09 Å². The van der Waals surface area contributed by atoms with E-state index < -0.39 is 5.60 Å². The minimum absolute atomic E-state index is 0.0692. The van der Waals surface area contributed by atoms with Crippen LogP contribution in [0.15, 0.2) is 30.9 Å². The predicted molar refractivity (Wildman–Crippen MR) is 156 cm³/mol. The summed E-state index contributed by atoms with van der Waals surface area (Å²) in [6.07, 6.45) is 8.06. The van der Waals surface area contributed by atoms with Gasteiger partial charge in [0.2, 0.25) is 0 Å². The average Bonchev–Trinajstić information content (AvgIpc) is 3.19. The largest absolute Gasteiger partial charge is 0.506 e. The molecule has 1 unspecified atom stereocenters. The summed E-state index contributed by atoms with van der Waals surface area (Å²) < 4.78 is 7.63. The Morgan fingerprint density at radius 3 is 2.38 bits per heavy atom. The number of carbonyl (C=O) groups excluding carboxylic acids is 2. The molecule has 39 heavy (non-hydrogen) atoms. The van der Waals surface area contributed by atoms with Gasteiger partial charge in [-0.3, -0.25) is 4.79 Å². The molecule has 1 fully saturated rings. The lowest BCUT2D eigenvalue weighted by Crippen LogP contribution is -2.43. The molecular formula is C32H47N3O4. The van der Waals surface area contributed by atoms with Crippen molar-refractivity contribution in [3.8, 4) is 11.4 Å². The minimum Gasteiger partial charge on any atom is -0.506 e. The molecule has 0 spiro atoms. The van der Waals surface area contributed by atoms with Crippen molar-refractivity contribution in [2.24, 2.45) is 5.92 Å². The molecule has 1 aliphatic heterocycles. The first-order valence-electron chi connectivity index (χ1n) is 14.5. The van der Waals surface area contributed by atoms with E-state index in [1.165, 1.54) is 30.9 Å². The fourth-order valence-electron chi connectivity index (χ4n) is 5.21. The monoisotopic (exact) mass is 537 g/mol. The molecule has 1 amide bonds. The third-order valence-corrected chi connectivity index (χ3v) is 7.47. The minimum atomic E-state index is -0.528. The van der Waals surface area contributed by atoms with Crippen molar-refractivity contribution in [2.75, 3.05) is 6.54 Å². The van der Waals surface area contributed by atoms with Gasteiger partial charge in [-0.1, -0.05) is 53.2 Å². The molecular weight excluding hydrogens is 490 g/mol. The molecule has 1 aromatic heterocycles. The molecule has 0 saturated heterocycles. The lowest BCUT2D eigenvalue weighted by atomic mass is 9.80. The van der Waals surface area contributed by atoms with E-state index in [0.29, 0.717) is 18.9 Å². The molecule has 2 aromatic rings. The van der Waals surface area contributed by atoms with Crippen molar-refractivity contribution in [2.45, 2.75) is 111 Å². The number of rotatable bonds is 7. The maximum atomic E-state index is 13.0. The zero-order valence-corrected chi connectivity index (χ0v) is 24.9. The number of phenols is 1. The van der Waals surface area contributed by atoms with Crippen molar-refractivity contribution in [1.29, 1.82) is 0 Å². The van der Waals surface area contributed by atoms with Gasteiger partial charge in [-0.25, -0.2) is 9.48 Å². The fourth-order valence-corrected chi connectivity index (χ4v) is 5.21. The smallest absolute Gasteiger partial charge is 0.410 e. The Morgan fingerprint density at radius 1 is 1.23 bits per heavy atom. The number of benzene rings is 1. The van der Waals surface area contributed by atoms with Crippen molar-refractivity contribution >= 4 is 11.9 Å². The molecule has 1 aliphatic carbocycles. The lowest BCUT2D eigenvalue weighted by Gasteiger charge is -2.37. The molecule has 1 saturated carbocycles. The van der Waals surface area contributed by atoms with Crippen molar-refractivity contribution in [1.82, 2.24) is 14.7 Å². The molecule has 0 radical (unpaired) electrons. The quantitative estimate of drug-likeness (QED) is 0.371. The van der Waals surface area contributed by atoms with Gasteiger partial charge in [0, 0.05) is 24.4 Å². The van der Waals surface area contributed by atoms with E-state index in [1.807, 2.05) is 56.3 Å². The molecule has 1 aromatic carbocycles. The molecule has 0 bridgehead atoms. The van der Waals surface area contributed by atoms with Crippen LogP contribution in [0.2, 0.25) is 0 Å². The van der Waals surface area contributed by atoms with E-state index in [0.717, 1.165) is 41.9 Å². The Hall–Kier alpha value is -3.09. The second-order valence-electron chi connectivity index (χ2n) is 12.0. The van der Waals surface area contributed by atoms with Gasteiger partial charge in [-0.2, -0.15) is 5.10 Å². The Morgan fingerprint density at radius 2 is 1.92 bits per heavy atom. The van der Waals surface area contributed by atoms with Crippen LogP contribution in [0, 0.1) is 5.92 Å². The molecule has 1 atom stereocenters. The first kappa shape index (κ1) is 30.5. The number of carbonyl (C=O) groups is 2. The first-order chi connectivity index (χ1) is 18.4. The second-order valence-corrected chi connectivity index (χ2v) is 12.0. The number of ether oxygens (including phenoxy) is 1. The van der Waals surface area contributed by atoms with Gasteiger partial charge in [0.1, 0.15) is 17.0 Å². The van der Waals surface area contributed by atoms with Crippen LogP contribution in [0.1, 0.15) is 115 Å². The van der Waals surface area contributed by atoms with Crippen LogP contribution < -0.4 is 0 Å². The van der Waals surface area contributed by atoms with E-state index >= 15 is 0 Å². The Bertz CT molecular complexity index is 1170. The summed E-state index contributed by atoms with van der Waals surface area (Å²) in [6.45, 7) is 17.6. The molecule has 4 rings (SSSR count). The van der Waals surface area contributed by atoms with Crippen LogP contribution in [0.5, 0.6) is 5.75 Å². The van der Waals surface area contributed by atoms with E-state index in [1.54, 1.807) is 0 Å². The van der Waals surface area contributed by atoms with Crippen molar-refractivity contribution in [3.63, 3.8) is 0 Å². The molecule has 7 nitrogen and oxygen atoms in total. The molecule has 2 aliphatic rings. The summed E-state index contributed by atoms with van der Waals surface area (Å²) in [6, 6.07) is 5.99. The number of hydrogen-bond donors (Lipinski definition) is 1. The van der Waals surface area contributed by atoms with Crippen LogP contribution in [0.4, 0.5) is 4.79 Å². The van der Waals surface area contributed by atoms with Crippen LogP contribution in [-0.2, 0) is 22.4 Å². The number of allylic oxidation sites excluding steroid dienone is 1. The summed E-state index contributed by atoms with van der Waals surface area (Å²) in [5, 5.41) is 15.9. The third kappa shape index (κ3) is 7.11. The Kier molecular flexibility index (Phi) is 10.0. The molecule has 7 heteroatoms. The highest BCUT2D eigenvalue weighted by Gasteiger charge is 2.37. The normalized spacial score (nSPS) is 17.1. The summed E-state index contributed by atoms with van der Waals surface area (Å²) in [5.74, 6) is 1.08. The van der Waals surface area contributed by atoms with Crippen LogP contribution in [-0.4, -0.2) is 43.8 Å². The fraction of sp³-hybridized carbons (Fsp3) is 0.594. The zero-order valence-electron chi connectivity index (χ0n) is 24.9. The number of aromatic nitrogens is 2. The first-order valence-corrected chi connectivity index (χ1v) is 14.5. The van der Waals surface area contributed by atoms with E-state index in [4.69, 9.17) is 9.84 Å². The summed E-state index contributed by atoms with van der Waals surface area (Å²) in [7, 11) is 0. The highest BCUT2D eigenvalue weighted by atomic mass is 16.6. The van der Waals surface area contributed by atoms with Gasteiger partial charge in [0.05, 0.1) is 17.4 Å². The topological polar surface area (TPSA) is 84.7 Å². The van der Waals surface area contributed by atoms with E-state index in [2.05, 4.69) is 26.5 Å². The zero-order chi connectivity index (χ0) is 28.9. The Balaban J connectivity index is 0.000000532. The average molecular weight is 538 g/mol. The number of aryl methyl sites for hydroxylation is 1. The summed E-state index contributed by atoms with van der Waals surface area (Å²) in [5.41, 5.74) is 4.67. The number of amides is 1. The van der Waals surface area contributed by atoms with Crippen LogP contribution in [0.25, 0.3) is 5.69 Å². The maximum absolute atomic E-state index is 13.0. The number of nitrogens with zero attached hydrogens (tertiary/aromatic N) is 3. The molecule has 214 valence electrons. The van der Waals surface area contributed by atoms with Gasteiger partial charge in [0.15, 0.2) is 5.78 Å².